The monoisotopic (exact) mass is 283 g/mol. The highest BCUT2D eigenvalue weighted by molar-refractivity contribution is 9.10. The van der Waals surface area contributed by atoms with Crippen molar-refractivity contribution in [3.63, 3.8) is 0 Å². The molecule has 1 heterocycles. The summed E-state index contributed by atoms with van der Waals surface area (Å²) in [6, 6.07) is 7.45. The summed E-state index contributed by atoms with van der Waals surface area (Å²) in [6.07, 6.45) is 0. The van der Waals surface area contributed by atoms with E-state index >= 15 is 0 Å². The van der Waals surface area contributed by atoms with Gasteiger partial charge in [-0.2, -0.15) is 0 Å². The molecular weight excluding hydrogens is 278 g/mol. The minimum atomic E-state index is -0.357. The van der Waals surface area contributed by atoms with Gasteiger partial charge in [0.25, 0.3) is 0 Å². The Kier molecular flexibility index (Phi) is 2.79. The lowest BCUT2D eigenvalue weighted by Crippen LogP contribution is -2.12. The van der Waals surface area contributed by atoms with E-state index in [9.17, 15) is 4.79 Å². The highest BCUT2D eigenvalue weighted by atomic mass is 79.9. The predicted molar refractivity (Wildman–Crippen MR) is 63.2 cm³/mol. The van der Waals surface area contributed by atoms with E-state index in [1.54, 1.807) is 0 Å². The van der Waals surface area contributed by atoms with Crippen molar-refractivity contribution in [2.24, 2.45) is 0 Å². The van der Waals surface area contributed by atoms with E-state index in [4.69, 9.17) is 12.2 Å². The molecule has 0 aliphatic heterocycles. The average molecular weight is 284 g/mol. The number of hydrogen-bond donors (Lipinski definition) is 2. The molecule has 0 aliphatic rings. The third-order valence-corrected chi connectivity index (χ3v) is 2.45. The third kappa shape index (κ3) is 2.40. The molecule has 0 aliphatic carbocycles. The van der Waals surface area contributed by atoms with Gasteiger partial charge < -0.3 is 0 Å². The van der Waals surface area contributed by atoms with Crippen LogP contribution in [0.25, 0.3) is 11.4 Å². The molecule has 0 radical (unpaired) electrons. The normalized spacial score (nSPS) is 10.2. The fraction of sp³-hybridized carbons (Fsp3) is 0. The predicted octanol–water partition coefficient (Wildman–Crippen LogP) is 2.26. The summed E-state index contributed by atoms with van der Waals surface area (Å²) in [7, 11) is 0. The van der Waals surface area contributed by atoms with Crippen molar-refractivity contribution in [3.8, 4) is 11.4 Å². The molecule has 1 aromatic carbocycles. The van der Waals surface area contributed by atoms with E-state index in [-0.39, 0.29) is 10.5 Å². The summed E-state index contributed by atoms with van der Waals surface area (Å²) in [5, 5.41) is 0. The minimum Gasteiger partial charge on any atom is -0.291 e. The zero-order chi connectivity index (χ0) is 10.8. The van der Waals surface area contributed by atoms with Crippen molar-refractivity contribution >= 4 is 28.1 Å². The molecule has 0 amide bonds. The van der Waals surface area contributed by atoms with Gasteiger partial charge in [0, 0.05) is 10.0 Å². The molecule has 2 aromatic rings. The Hall–Kier alpha value is -1.27. The topological polar surface area (TPSA) is 61.5 Å². The van der Waals surface area contributed by atoms with Gasteiger partial charge in [0.1, 0.15) is 5.82 Å². The van der Waals surface area contributed by atoms with Crippen molar-refractivity contribution in [1.82, 2.24) is 15.0 Å². The first-order valence-corrected chi connectivity index (χ1v) is 5.32. The Labute approximate surface area is 98.5 Å². The molecule has 1 aromatic heterocycles. The number of aromatic nitrogens is 3. The van der Waals surface area contributed by atoms with E-state index in [2.05, 4.69) is 30.9 Å². The van der Waals surface area contributed by atoms with Gasteiger partial charge in [-0.15, -0.1) is 0 Å². The van der Waals surface area contributed by atoms with Crippen LogP contribution in [0.4, 0.5) is 0 Å². The second kappa shape index (κ2) is 4.08. The fourth-order valence-electron chi connectivity index (χ4n) is 1.17. The first kappa shape index (κ1) is 10.3. The van der Waals surface area contributed by atoms with Crippen LogP contribution in [0.1, 0.15) is 0 Å². The molecule has 2 N–H and O–H groups in total. The highest BCUT2D eigenvalue weighted by Crippen LogP contribution is 2.18. The molecule has 15 heavy (non-hydrogen) atoms. The first-order valence-electron chi connectivity index (χ1n) is 4.12. The van der Waals surface area contributed by atoms with E-state index < -0.39 is 0 Å². The molecule has 0 bridgehead atoms. The summed E-state index contributed by atoms with van der Waals surface area (Å²) in [6.45, 7) is 0. The molecule has 0 spiro atoms. The van der Waals surface area contributed by atoms with E-state index in [1.807, 2.05) is 24.3 Å². The molecule has 0 atom stereocenters. The standard InChI is InChI=1S/C9H6BrN3OS/c10-6-3-1-2-5(4-6)7-11-8(14)13-9(15)12-7/h1-4H,(H2,11,12,13,14,15). The van der Waals surface area contributed by atoms with Crippen LogP contribution in [-0.2, 0) is 0 Å². The van der Waals surface area contributed by atoms with Gasteiger partial charge in [-0.05, 0) is 24.4 Å². The lowest BCUT2D eigenvalue weighted by Gasteiger charge is -1.99. The number of rotatable bonds is 1. The van der Waals surface area contributed by atoms with Crippen molar-refractivity contribution in [1.29, 1.82) is 0 Å². The van der Waals surface area contributed by atoms with Crippen molar-refractivity contribution in [3.05, 3.63) is 44.0 Å². The average Bonchev–Trinajstić information content (AvgIpc) is 2.16. The summed E-state index contributed by atoms with van der Waals surface area (Å²) in [4.78, 5) is 20.1. The molecule has 0 saturated carbocycles. The summed E-state index contributed by atoms with van der Waals surface area (Å²) in [5.74, 6) is 0.463. The summed E-state index contributed by atoms with van der Waals surface area (Å²) >= 11 is 8.16. The van der Waals surface area contributed by atoms with Crippen LogP contribution >= 0.6 is 28.1 Å². The summed E-state index contributed by atoms with van der Waals surface area (Å²) in [5.41, 5.74) is 0.451. The van der Waals surface area contributed by atoms with E-state index in [0.717, 1.165) is 10.0 Å². The molecule has 4 nitrogen and oxygen atoms in total. The second-order valence-electron chi connectivity index (χ2n) is 2.86. The lowest BCUT2D eigenvalue weighted by atomic mass is 10.2. The van der Waals surface area contributed by atoms with Gasteiger partial charge in [0.2, 0.25) is 4.77 Å². The second-order valence-corrected chi connectivity index (χ2v) is 4.16. The molecule has 0 unspecified atom stereocenters. The van der Waals surface area contributed by atoms with Crippen LogP contribution in [0.15, 0.2) is 33.5 Å². The maximum absolute atomic E-state index is 11.1. The van der Waals surface area contributed by atoms with Crippen LogP contribution in [-0.4, -0.2) is 15.0 Å². The van der Waals surface area contributed by atoms with Crippen LogP contribution in [0, 0.1) is 4.77 Å². The SMILES string of the molecule is O=c1[nH]c(-c2cccc(Br)c2)nc(=S)[nH]1. The number of benzene rings is 1. The van der Waals surface area contributed by atoms with Crippen LogP contribution in [0.2, 0.25) is 0 Å². The Bertz CT molecular complexity index is 576. The van der Waals surface area contributed by atoms with Gasteiger partial charge in [0.05, 0.1) is 0 Å². The van der Waals surface area contributed by atoms with Crippen molar-refractivity contribution < 1.29 is 0 Å². The molecule has 0 fully saturated rings. The number of H-pyrrole nitrogens is 2. The van der Waals surface area contributed by atoms with Crippen molar-refractivity contribution in [2.45, 2.75) is 0 Å². The smallest absolute Gasteiger partial charge is 0.291 e. The maximum atomic E-state index is 11.1. The maximum Gasteiger partial charge on any atom is 0.326 e. The van der Waals surface area contributed by atoms with Crippen molar-refractivity contribution in [2.75, 3.05) is 0 Å². The minimum absolute atomic E-state index is 0.175. The Morgan fingerprint density at radius 2 is 2.13 bits per heavy atom. The number of nitrogens with zero attached hydrogens (tertiary/aromatic N) is 1. The zero-order valence-electron chi connectivity index (χ0n) is 7.45. The van der Waals surface area contributed by atoms with Crippen LogP contribution < -0.4 is 5.69 Å². The van der Waals surface area contributed by atoms with Gasteiger partial charge in [-0.25, -0.2) is 9.78 Å². The Morgan fingerprint density at radius 1 is 1.33 bits per heavy atom. The highest BCUT2D eigenvalue weighted by Gasteiger charge is 2.00. The number of nitrogens with one attached hydrogen (secondary N) is 2. The fourth-order valence-corrected chi connectivity index (χ4v) is 1.75. The first-order chi connectivity index (χ1) is 7.15. The molecule has 2 rings (SSSR count). The lowest BCUT2D eigenvalue weighted by molar-refractivity contribution is 0.976. The number of hydrogen-bond acceptors (Lipinski definition) is 3. The van der Waals surface area contributed by atoms with E-state index in [1.165, 1.54) is 0 Å². The van der Waals surface area contributed by atoms with Crippen LogP contribution in [0.3, 0.4) is 0 Å². The van der Waals surface area contributed by atoms with Gasteiger partial charge >= 0.3 is 5.69 Å². The van der Waals surface area contributed by atoms with Crippen LogP contribution in [0.5, 0.6) is 0 Å². The quantitative estimate of drug-likeness (QED) is 0.790. The molecule has 6 heteroatoms. The molecule has 0 saturated heterocycles. The summed E-state index contributed by atoms with van der Waals surface area (Å²) < 4.78 is 1.09. The number of halogens is 1. The largest absolute Gasteiger partial charge is 0.326 e. The van der Waals surface area contributed by atoms with E-state index in [0.29, 0.717) is 5.82 Å². The zero-order valence-corrected chi connectivity index (χ0v) is 9.85. The molecular formula is C9H6BrN3OS. The number of aromatic amines is 2. The van der Waals surface area contributed by atoms with Gasteiger partial charge in [0.15, 0.2) is 0 Å². The Balaban J connectivity index is 2.64. The van der Waals surface area contributed by atoms with Gasteiger partial charge in [-0.1, -0.05) is 28.1 Å². The Morgan fingerprint density at radius 3 is 2.80 bits per heavy atom. The molecule has 76 valence electrons. The third-order valence-electron chi connectivity index (χ3n) is 1.76. The van der Waals surface area contributed by atoms with Gasteiger partial charge in [-0.3, -0.25) is 9.97 Å².